The summed E-state index contributed by atoms with van der Waals surface area (Å²) in [6.07, 6.45) is 9.39. The van der Waals surface area contributed by atoms with Crippen LogP contribution in [0.3, 0.4) is 0 Å². The van der Waals surface area contributed by atoms with Crippen molar-refractivity contribution in [1.82, 2.24) is 15.6 Å². The number of amidine groups is 1. The molecule has 0 bridgehead atoms. The number of aliphatic imine (C=N–C) groups is 1. The topological polar surface area (TPSA) is 165 Å². The SMILES string of the molecule is CCC1=CNC(=NC(CC)CC[NH3+])C(C(=N)C2C=C(OC)C(NC(=O)c3cc4c(OC)cccc4[nH]3)=CC2)=C(N)C1. The lowest BCUT2D eigenvalue weighted by atomic mass is 9.87. The summed E-state index contributed by atoms with van der Waals surface area (Å²) < 4.78 is 11.1. The number of quaternary nitrogens is 1. The van der Waals surface area contributed by atoms with Gasteiger partial charge in [-0.05, 0) is 49.1 Å². The number of methoxy groups -OCH3 is 2. The van der Waals surface area contributed by atoms with Crippen LogP contribution in [-0.4, -0.2) is 49.2 Å². The van der Waals surface area contributed by atoms with E-state index in [0.29, 0.717) is 58.6 Å². The van der Waals surface area contributed by atoms with E-state index >= 15 is 0 Å². The van der Waals surface area contributed by atoms with Gasteiger partial charge in [-0.25, -0.2) is 0 Å². The lowest BCUT2D eigenvalue weighted by Gasteiger charge is -2.24. The number of rotatable bonds is 11. The molecule has 2 heterocycles. The second kappa shape index (κ2) is 13.4. The zero-order chi connectivity index (χ0) is 29.5. The summed E-state index contributed by atoms with van der Waals surface area (Å²) in [6.45, 7) is 4.98. The predicted molar refractivity (Wildman–Crippen MR) is 163 cm³/mol. The highest BCUT2D eigenvalue weighted by Gasteiger charge is 2.29. The Bertz CT molecular complexity index is 1460. The molecule has 0 spiro atoms. The van der Waals surface area contributed by atoms with E-state index < -0.39 is 0 Å². The van der Waals surface area contributed by atoms with Gasteiger partial charge in [0.05, 0.1) is 43.8 Å². The Morgan fingerprint density at radius 2 is 2.10 bits per heavy atom. The Hall–Kier alpha value is -4.31. The van der Waals surface area contributed by atoms with Crippen LogP contribution in [-0.2, 0) is 4.74 Å². The summed E-state index contributed by atoms with van der Waals surface area (Å²) in [5.74, 6) is 1.20. The molecule has 10 nitrogen and oxygen atoms in total. The van der Waals surface area contributed by atoms with Gasteiger partial charge in [0.15, 0.2) is 0 Å². The first-order chi connectivity index (χ1) is 19.8. The van der Waals surface area contributed by atoms with E-state index in [2.05, 4.69) is 35.2 Å². The van der Waals surface area contributed by atoms with Crippen molar-refractivity contribution in [2.45, 2.75) is 52.0 Å². The molecule has 2 aliphatic rings. The zero-order valence-electron chi connectivity index (χ0n) is 24.4. The third-order valence-corrected chi connectivity index (χ3v) is 7.55. The van der Waals surface area contributed by atoms with Crippen LogP contribution in [0.1, 0.15) is 56.4 Å². The molecule has 2 aromatic rings. The summed E-state index contributed by atoms with van der Waals surface area (Å²) in [4.78, 5) is 21.3. The van der Waals surface area contributed by atoms with E-state index in [-0.39, 0.29) is 17.9 Å². The van der Waals surface area contributed by atoms with Gasteiger partial charge in [-0.1, -0.05) is 26.0 Å². The molecule has 9 N–H and O–H groups in total. The van der Waals surface area contributed by atoms with Crippen molar-refractivity contribution in [3.05, 3.63) is 76.6 Å². The number of aromatic nitrogens is 1. The van der Waals surface area contributed by atoms with Crippen LogP contribution in [0.2, 0.25) is 0 Å². The molecule has 1 aromatic carbocycles. The van der Waals surface area contributed by atoms with Gasteiger partial charge >= 0.3 is 0 Å². The number of nitrogens with two attached hydrogens (primary N) is 1. The largest absolute Gasteiger partial charge is 0.496 e. The van der Waals surface area contributed by atoms with Gasteiger partial charge in [0.25, 0.3) is 5.91 Å². The minimum Gasteiger partial charge on any atom is -0.496 e. The highest BCUT2D eigenvalue weighted by molar-refractivity contribution is 6.24. The second-order valence-corrected chi connectivity index (χ2v) is 10.2. The van der Waals surface area contributed by atoms with Crippen LogP contribution in [0.5, 0.6) is 5.75 Å². The van der Waals surface area contributed by atoms with E-state index in [1.54, 1.807) is 20.3 Å². The molecule has 1 aliphatic heterocycles. The maximum atomic E-state index is 13.2. The zero-order valence-corrected chi connectivity index (χ0v) is 24.4. The number of allylic oxidation sites excluding steroid dienone is 3. The number of H-pyrrole nitrogens is 1. The van der Waals surface area contributed by atoms with Crippen LogP contribution in [0.15, 0.2) is 75.9 Å². The predicted octanol–water partition coefficient (Wildman–Crippen LogP) is 3.67. The second-order valence-electron chi connectivity index (χ2n) is 10.2. The Balaban J connectivity index is 1.58. The van der Waals surface area contributed by atoms with Crippen molar-refractivity contribution in [2.75, 3.05) is 20.8 Å². The van der Waals surface area contributed by atoms with E-state index in [1.807, 2.05) is 36.6 Å². The number of carbonyl (C=O) groups is 1. The number of amides is 1. The molecule has 2 unspecified atom stereocenters. The average molecular weight is 561 g/mol. The lowest BCUT2D eigenvalue weighted by Crippen LogP contribution is -2.51. The number of carbonyl (C=O) groups excluding carboxylic acids is 1. The van der Waals surface area contributed by atoms with E-state index in [4.69, 9.17) is 20.2 Å². The fourth-order valence-electron chi connectivity index (χ4n) is 5.17. The van der Waals surface area contributed by atoms with E-state index in [9.17, 15) is 10.2 Å². The van der Waals surface area contributed by atoms with Crippen molar-refractivity contribution in [1.29, 1.82) is 5.41 Å². The monoisotopic (exact) mass is 560 g/mol. The molecule has 1 aromatic heterocycles. The Morgan fingerprint density at radius 3 is 2.78 bits per heavy atom. The Morgan fingerprint density at radius 1 is 1.29 bits per heavy atom. The minimum absolute atomic E-state index is 0.0879. The van der Waals surface area contributed by atoms with E-state index in [0.717, 1.165) is 42.3 Å². The third kappa shape index (κ3) is 6.54. The highest BCUT2D eigenvalue weighted by atomic mass is 16.5. The normalized spacial score (nSPS) is 19.1. The van der Waals surface area contributed by atoms with Crippen LogP contribution in [0.4, 0.5) is 0 Å². The van der Waals surface area contributed by atoms with Crippen molar-refractivity contribution in [3.63, 3.8) is 0 Å². The van der Waals surface area contributed by atoms with Crippen LogP contribution < -0.4 is 26.8 Å². The first kappa shape index (κ1) is 29.7. The van der Waals surface area contributed by atoms with Crippen molar-refractivity contribution < 1.29 is 20.0 Å². The van der Waals surface area contributed by atoms with Crippen molar-refractivity contribution >= 4 is 28.4 Å². The van der Waals surface area contributed by atoms with Gasteiger partial charge < -0.3 is 42.0 Å². The van der Waals surface area contributed by atoms with Gasteiger partial charge in [0.2, 0.25) is 0 Å². The van der Waals surface area contributed by atoms with Crippen molar-refractivity contribution in [3.8, 4) is 5.75 Å². The summed E-state index contributed by atoms with van der Waals surface area (Å²) in [7, 11) is 3.16. The van der Waals surface area contributed by atoms with Crippen LogP contribution in [0, 0.1) is 11.3 Å². The quantitative estimate of drug-likeness (QED) is 0.230. The Kier molecular flexibility index (Phi) is 9.67. The molecule has 218 valence electrons. The summed E-state index contributed by atoms with van der Waals surface area (Å²) in [5, 5.41) is 16.4. The lowest BCUT2D eigenvalue weighted by molar-refractivity contribution is -0.368. The number of fused-ring (bicyclic) bond motifs is 1. The fraction of sp³-hybridized carbons (Fsp3) is 0.387. The number of aromatic amines is 1. The van der Waals surface area contributed by atoms with Gasteiger partial charge in [0, 0.05) is 41.6 Å². The van der Waals surface area contributed by atoms with Crippen LogP contribution in [0.25, 0.3) is 10.9 Å². The molecule has 1 aliphatic carbocycles. The molecule has 4 rings (SSSR count). The standard InChI is InChI=1S/C31H41N7O3/c1-5-18-14-22(33)28(30(35-17-18)36-20(6-2)12-13-32)29(34)19-10-11-24(27(15-19)41-4)38-31(39)25-16-21-23(37-25)8-7-9-26(21)40-3/h7-9,11,15-17,19-20,34,37H,5-6,10,12-14,32-33H2,1-4H3,(H,35,36)(H,38,39)/p+1. The smallest absolute Gasteiger partial charge is 0.272 e. The van der Waals surface area contributed by atoms with E-state index in [1.165, 1.54) is 0 Å². The number of hydrogen-bond acceptors (Lipinski definition) is 6. The molecule has 0 radical (unpaired) electrons. The number of ether oxygens (including phenoxy) is 2. The first-order valence-corrected chi connectivity index (χ1v) is 14.2. The minimum atomic E-state index is -0.306. The number of nitrogens with zero attached hydrogens (tertiary/aromatic N) is 1. The molecular weight excluding hydrogens is 518 g/mol. The summed E-state index contributed by atoms with van der Waals surface area (Å²) in [5.41, 5.74) is 15.2. The van der Waals surface area contributed by atoms with Crippen molar-refractivity contribution in [2.24, 2.45) is 16.6 Å². The Labute approximate surface area is 241 Å². The number of nitrogens with one attached hydrogen (secondary N) is 4. The molecule has 2 atom stereocenters. The van der Waals surface area contributed by atoms with Gasteiger partial charge in [-0.2, -0.15) is 0 Å². The van der Waals surface area contributed by atoms with Gasteiger partial charge in [-0.3, -0.25) is 9.79 Å². The third-order valence-electron chi connectivity index (χ3n) is 7.55. The number of benzene rings is 1. The van der Waals surface area contributed by atoms with Gasteiger partial charge in [-0.15, -0.1) is 0 Å². The number of hydrogen-bond donors (Lipinski definition) is 6. The maximum absolute atomic E-state index is 13.2. The van der Waals surface area contributed by atoms with Crippen LogP contribution >= 0.6 is 0 Å². The average Bonchev–Trinajstić information content (AvgIpc) is 3.36. The summed E-state index contributed by atoms with van der Waals surface area (Å²) in [6, 6.07) is 7.48. The molecule has 1 amide bonds. The molecule has 0 fully saturated rings. The summed E-state index contributed by atoms with van der Waals surface area (Å²) >= 11 is 0. The molecule has 0 saturated carbocycles. The maximum Gasteiger partial charge on any atom is 0.272 e. The molecule has 10 heteroatoms. The molecule has 41 heavy (non-hydrogen) atoms. The fourth-order valence-corrected chi connectivity index (χ4v) is 5.17. The first-order valence-electron chi connectivity index (χ1n) is 14.2. The highest BCUT2D eigenvalue weighted by Crippen LogP contribution is 2.30. The molecular formula is C31H42N7O3+. The molecule has 0 saturated heterocycles. The van der Waals surface area contributed by atoms with Gasteiger partial charge in [0.1, 0.15) is 23.0 Å².